The number of nitrogens with zero attached hydrogens (tertiary/aromatic N) is 4. The van der Waals surface area contributed by atoms with Gasteiger partial charge in [0.1, 0.15) is 17.6 Å². The van der Waals surface area contributed by atoms with Crippen LogP contribution < -0.4 is 15.4 Å². The number of carbonyl (C=O) groups excluding carboxylic acids is 2. The molecule has 1 unspecified atom stereocenters. The van der Waals surface area contributed by atoms with Crippen LogP contribution in [0.4, 0.5) is 4.79 Å². The van der Waals surface area contributed by atoms with E-state index in [0.29, 0.717) is 29.8 Å². The first-order chi connectivity index (χ1) is 19.4. The molecule has 0 fully saturated rings. The molecule has 1 aromatic heterocycles. The Morgan fingerprint density at radius 1 is 1.20 bits per heavy atom. The third kappa shape index (κ3) is 7.34. The van der Waals surface area contributed by atoms with Gasteiger partial charge in [0.2, 0.25) is 0 Å². The van der Waals surface area contributed by atoms with E-state index in [9.17, 15) is 14.9 Å². The summed E-state index contributed by atoms with van der Waals surface area (Å²) in [5.74, 6) is 1.12. The summed E-state index contributed by atoms with van der Waals surface area (Å²) in [6.07, 6.45) is 6.03. The van der Waals surface area contributed by atoms with E-state index in [1.54, 1.807) is 23.2 Å². The molecule has 0 aliphatic carbocycles. The molecule has 4 rings (SSSR count). The number of ether oxygens (including phenoxy) is 1. The Labute approximate surface area is 241 Å². The summed E-state index contributed by atoms with van der Waals surface area (Å²) < 4.78 is 7.75. The van der Waals surface area contributed by atoms with E-state index in [0.717, 1.165) is 22.6 Å². The summed E-state index contributed by atoms with van der Waals surface area (Å²) in [6, 6.07) is 14.4. The Kier molecular flexibility index (Phi) is 8.82. The Hall–Kier alpha value is -4.58. The lowest BCUT2D eigenvalue weighted by molar-refractivity contribution is 0.0930. The van der Waals surface area contributed by atoms with Crippen LogP contribution in [0, 0.1) is 11.3 Å². The molecule has 41 heavy (non-hydrogen) atoms. The van der Waals surface area contributed by atoms with E-state index in [4.69, 9.17) is 9.72 Å². The van der Waals surface area contributed by atoms with Crippen LogP contribution in [0.5, 0.6) is 5.75 Å². The van der Waals surface area contributed by atoms with Crippen molar-refractivity contribution in [1.29, 1.82) is 5.26 Å². The highest BCUT2D eigenvalue weighted by molar-refractivity contribution is 5.95. The van der Waals surface area contributed by atoms with Gasteiger partial charge in [-0.25, -0.2) is 9.78 Å². The van der Waals surface area contributed by atoms with Crippen LogP contribution >= 0.6 is 0 Å². The smallest absolute Gasteiger partial charge is 0.321 e. The number of amides is 3. The molecule has 3 amide bonds. The normalized spacial score (nSPS) is 14.0. The summed E-state index contributed by atoms with van der Waals surface area (Å²) in [5.41, 5.74) is 3.49. The average molecular weight is 555 g/mol. The van der Waals surface area contributed by atoms with Crippen LogP contribution in [0.25, 0.3) is 11.3 Å². The molecular formula is C32H38N6O3. The summed E-state index contributed by atoms with van der Waals surface area (Å²) in [6.45, 7) is 10.9. The molecule has 1 aliphatic heterocycles. The zero-order chi connectivity index (χ0) is 29.7. The average Bonchev–Trinajstić information content (AvgIpc) is 3.32. The monoisotopic (exact) mass is 554 g/mol. The van der Waals surface area contributed by atoms with Gasteiger partial charge in [-0.15, -0.1) is 0 Å². The quantitative estimate of drug-likeness (QED) is 0.390. The number of aromatic nitrogens is 2. The molecule has 2 heterocycles. The number of nitrogens with one attached hydrogen (secondary N) is 2. The predicted molar refractivity (Wildman–Crippen MR) is 158 cm³/mol. The molecule has 2 N–H and O–H groups in total. The van der Waals surface area contributed by atoms with Gasteiger partial charge in [0, 0.05) is 49.1 Å². The number of hydrogen-bond acceptors (Lipinski definition) is 5. The molecular weight excluding hydrogens is 516 g/mol. The third-order valence-corrected chi connectivity index (χ3v) is 6.67. The lowest BCUT2D eigenvalue weighted by Gasteiger charge is -2.28. The molecule has 0 spiro atoms. The summed E-state index contributed by atoms with van der Waals surface area (Å²) in [5, 5.41) is 15.5. The van der Waals surface area contributed by atoms with Gasteiger partial charge in [0.15, 0.2) is 0 Å². The van der Waals surface area contributed by atoms with Crippen molar-refractivity contribution in [1.82, 2.24) is 25.1 Å². The minimum Gasteiger partial charge on any atom is -0.490 e. The van der Waals surface area contributed by atoms with Crippen molar-refractivity contribution >= 4 is 11.9 Å². The fraction of sp³-hybridized carbons (Fsp3) is 0.375. The van der Waals surface area contributed by atoms with Crippen molar-refractivity contribution in [2.75, 3.05) is 13.1 Å². The zero-order valence-electron chi connectivity index (χ0n) is 24.6. The topological polar surface area (TPSA) is 112 Å². The highest BCUT2D eigenvalue weighted by atomic mass is 16.5. The largest absolute Gasteiger partial charge is 0.490 e. The van der Waals surface area contributed by atoms with Crippen molar-refractivity contribution < 1.29 is 14.3 Å². The second kappa shape index (κ2) is 12.3. The van der Waals surface area contributed by atoms with Gasteiger partial charge in [0.25, 0.3) is 5.91 Å². The van der Waals surface area contributed by atoms with E-state index in [-0.39, 0.29) is 36.0 Å². The van der Waals surface area contributed by atoms with E-state index in [2.05, 4.69) is 42.0 Å². The molecule has 214 valence electrons. The van der Waals surface area contributed by atoms with Crippen molar-refractivity contribution in [2.24, 2.45) is 7.05 Å². The molecule has 0 saturated heterocycles. The molecule has 0 radical (unpaired) electrons. The first-order valence-electron chi connectivity index (χ1n) is 13.8. The van der Waals surface area contributed by atoms with Crippen LogP contribution in [-0.2, 0) is 18.9 Å². The summed E-state index contributed by atoms with van der Waals surface area (Å²) >= 11 is 0. The second-order valence-electron chi connectivity index (χ2n) is 11.6. The number of nitriles is 1. The van der Waals surface area contributed by atoms with Crippen LogP contribution in [0.1, 0.15) is 61.9 Å². The maximum absolute atomic E-state index is 13.3. The van der Waals surface area contributed by atoms with E-state index in [1.165, 1.54) is 6.07 Å². The molecule has 0 saturated carbocycles. The number of rotatable bonds is 9. The number of carbonyl (C=O) groups is 2. The van der Waals surface area contributed by atoms with E-state index < -0.39 is 0 Å². The predicted octanol–water partition coefficient (Wildman–Crippen LogP) is 4.92. The first-order valence-corrected chi connectivity index (χ1v) is 13.8. The van der Waals surface area contributed by atoms with Gasteiger partial charge >= 0.3 is 6.03 Å². The summed E-state index contributed by atoms with van der Waals surface area (Å²) in [7, 11) is 2.01. The number of benzene rings is 2. The highest BCUT2D eigenvalue weighted by Gasteiger charge is 2.23. The molecule has 1 atom stereocenters. The van der Waals surface area contributed by atoms with Gasteiger partial charge < -0.3 is 19.9 Å². The third-order valence-electron chi connectivity index (χ3n) is 6.67. The standard InChI is InChI=1S/C32H38N6O3/c1-21(2)41-28-13-12-24(17-25(28)18-33)29(39)35-26(19-38-15-7-14-34-31(38)40)16-22-8-10-23(11-9-22)27-20-37(6)30(36-27)32(3,4)5/h7-13,15,17,20-21,26H,14,16,19H2,1-6H3,(H,34,40)(H,35,39). The van der Waals surface area contributed by atoms with Crippen molar-refractivity contribution in [3.05, 3.63) is 83.5 Å². The lowest BCUT2D eigenvalue weighted by Crippen LogP contribution is -2.49. The van der Waals surface area contributed by atoms with Crippen LogP contribution in [0.2, 0.25) is 0 Å². The minimum atomic E-state index is -0.388. The Morgan fingerprint density at radius 3 is 2.54 bits per heavy atom. The van der Waals surface area contributed by atoms with Gasteiger partial charge in [-0.3, -0.25) is 9.69 Å². The Morgan fingerprint density at radius 2 is 1.93 bits per heavy atom. The highest BCUT2D eigenvalue weighted by Crippen LogP contribution is 2.26. The maximum atomic E-state index is 13.3. The molecule has 9 heteroatoms. The molecule has 1 aliphatic rings. The first kappa shape index (κ1) is 29.4. The molecule has 2 aromatic carbocycles. The van der Waals surface area contributed by atoms with Crippen LogP contribution in [0.3, 0.4) is 0 Å². The number of imidazole rings is 1. The van der Waals surface area contributed by atoms with E-state index in [1.807, 2.05) is 57.4 Å². The second-order valence-corrected chi connectivity index (χ2v) is 11.6. The number of urea groups is 1. The van der Waals surface area contributed by atoms with Crippen LogP contribution in [-0.4, -0.2) is 51.6 Å². The van der Waals surface area contributed by atoms with Crippen LogP contribution in [0.15, 0.2) is 60.9 Å². The Balaban J connectivity index is 1.54. The Bertz CT molecular complexity index is 1470. The molecule has 3 aromatic rings. The van der Waals surface area contributed by atoms with Gasteiger partial charge in [-0.2, -0.15) is 5.26 Å². The number of hydrogen-bond donors (Lipinski definition) is 2. The maximum Gasteiger partial charge on any atom is 0.321 e. The van der Waals surface area contributed by atoms with Crippen molar-refractivity contribution in [3.63, 3.8) is 0 Å². The minimum absolute atomic E-state index is 0.0661. The molecule has 0 bridgehead atoms. The fourth-order valence-corrected chi connectivity index (χ4v) is 4.82. The fourth-order valence-electron chi connectivity index (χ4n) is 4.82. The SMILES string of the molecule is CC(C)Oc1ccc(C(=O)NC(Cc2ccc(-c3cn(C)c(C(C)(C)C)n3)cc2)CN2C=CCNC2=O)cc1C#N. The van der Waals surface area contributed by atoms with Crippen molar-refractivity contribution in [3.8, 4) is 23.1 Å². The van der Waals surface area contributed by atoms with Crippen molar-refractivity contribution in [2.45, 2.75) is 58.6 Å². The van der Waals surface area contributed by atoms with Gasteiger partial charge in [-0.1, -0.05) is 45.0 Å². The van der Waals surface area contributed by atoms with Gasteiger partial charge in [0.05, 0.1) is 23.4 Å². The van der Waals surface area contributed by atoms with E-state index >= 15 is 0 Å². The van der Waals surface area contributed by atoms with Gasteiger partial charge in [-0.05, 0) is 50.1 Å². The molecule has 9 nitrogen and oxygen atoms in total. The summed E-state index contributed by atoms with van der Waals surface area (Å²) in [4.78, 5) is 32.2. The number of aryl methyl sites for hydroxylation is 1. The lowest BCUT2D eigenvalue weighted by atomic mass is 9.96. The zero-order valence-corrected chi connectivity index (χ0v) is 24.6.